The van der Waals surface area contributed by atoms with E-state index in [1.807, 2.05) is 80.6 Å². The summed E-state index contributed by atoms with van der Waals surface area (Å²) in [6.45, 7) is 10.3. The highest BCUT2D eigenvalue weighted by atomic mass is 79.9. The summed E-state index contributed by atoms with van der Waals surface area (Å²) < 4.78 is 21.0. The molecular formula is C54H50Br2ClFO. The van der Waals surface area contributed by atoms with Gasteiger partial charge < -0.3 is 4.74 Å². The second kappa shape index (κ2) is 24.6. The molecule has 8 aromatic rings. The van der Waals surface area contributed by atoms with Crippen molar-refractivity contribution in [2.75, 3.05) is 7.11 Å². The van der Waals surface area contributed by atoms with Gasteiger partial charge in [-0.3, -0.25) is 0 Å². The Kier molecular flexibility index (Phi) is 19.4. The van der Waals surface area contributed by atoms with Crippen molar-refractivity contribution in [2.24, 2.45) is 0 Å². The van der Waals surface area contributed by atoms with Crippen molar-refractivity contribution in [1.29, 1.82) is 0 Å². The van der Waals surface area contributed by atoms with Gasteiger partial charge in [-0.15, -0.1) is 0 Å². The Morgan fingerprint density at radius 3 is 1.20 bits per heavy atom. The van der Waals surface area contributed by atoms with Crippen LogP contribution in [0.25, 0.3) is 33.4 Å². The first-order valence-electron chi connectivity index (χ1n) is 19.2. The molecule has 0 N–H and O–H groups in total. The van der Waals surface area contributed by atoms with Crippen LogP contribution in [0, 0.1) is 40.4 Å². The third kappa shape index (κ3) is 16.9. The summed E-state index contributed by atoms with van der Waals surface area (Å²) in [6, 6.07) is 64.5. The predicted octanol–water partition coefficient (Wildman–Crippen LogP) is 17.3. The lowest BCUT2D eigenvalue weighted by molar-refractivity contribution is 0.414. The molecule has 8 aromatic carbocycles. The molecule has 300 valence electrons. The molecule has 0 aliphatic rings. The first kappa shape index (κ1) is 46.4. The fourth-order valence-electron chi connectivity index (χ4n) is 5.50. The summed E-state index contributed by atoms with van der Waals surface area (Å²) in [4.78, 5) is 0. The molecule has 0 aliphatic heterocycles. The Morgan fingerprint density at radius 1 is 0.390 bits per heavy atom. The zero-order valence-electron chi connectivity index (χ0n) is 34.4. The van der Waals surface area contributed by atoms with Crippen LogP contribution < -0.4 is 4.74 Å². The molecule has 0 bridgehead atoms. The second-order valence-electron chi connectivity index (χ2n) is 13.9. The average molecular weight is 929 g/mol. The third-order valence-corrected chi connectivity index (χ3v) is 10.2. The van der Waals surface area contributed by atoms with Gasteiger partial charge in [0.1, 0.15) is 11.6 Å². The standard InChI is InChI=1S/C14H13FO.C13H11Br.C13H12.C7H7Br.C7H7Cl/c1-10-4-3-5-11(8-10)13-9-12(16-2)6-7-14(13)15;1-10-2-4-11(5-3-10)12-6-8-13(14)9-7-12;1-11-7-9-13(10-8-11)12-5-3-2-4-6-12;2*1-6-2-4-7(8)5-3-6/h3-9H,1-2H3;2-9H,1H3;2-10H,1H3;2*2-5H,1H3. The van der Waals surface area contributed by atoms with Crippen molar-refractivity contribution >= 4 is 43.5 Å². The van der Waals surface area contributed by atoms with Crippen molar-refractivity contribution in [1.82, 2.24) is 0 Å². The molecule has 0 heterocycles. The van der Waals surface area contributed by atoms with Gasteiger partial charge in [0.25, 0.3) is 0 Å². The summed E-state index contributed by atoms with van der Waals surface area (Å²) in [6.07, 6.45) is 0. The number of ether oxygens (including phenoxy) is 1. The van der Waals surface area contributed by atoms with Crippen LogP contribution in [0.1, 0.15) is 27.8 Å². The first-order chi connectivity index (χ1) is 28.4. The largest absolute Gasteiger partial charge is 0.497 e. The van der Waals surface area contributed by atoms with Crippen LogP contribution in [0.5, 0.6) is 5.75 Å². The van der Waals surface area contributed by atoms with Crippen LogP contribution >= 0.6 is 43.5 Å². The summed E-state index contributed by atoms with van der Waals surface area (Å²) in [5, 5.41) is 0.801. The van der Waals surface area contributed by atoms with Crippen molar-refractivity contribution < 1.29 is 9.13 Å². The lowest BCUT2D eigenvalue weighted by Crippen LogP contribution is -1.88. The van der Waals surface area contributed by atoms with Crippen LogP contribution in [-0.4, -0.2) is 7.11 Å². The fourth-order valence-corrected chi connectivity index (χ4v) is 6.15. The van der Waals surface area contributed by atoms with E-state index in [1.54, 1.807) is 19.2 Å². The molecule has 0 spiro atoms. The Bertz CT molecular complexity index is 2280. The van der Waals surface area contributed by atoms with Gasteiger partial charge in [-0.1, -0.05) is 211 Å². The van der Waals surface area contributed by atoms with E-state index in [1.165, 1.54) is 50.6 Å². The number of halogens is 4. The van der Waals surface area contributed by atoms with E-state index in [2.05, 4.69) is 162 Å². The number of hydrogen-bond donors (Lipinski definition) is 0. The highest BCUT2D eigenvalue weighted by Crippen LogP contribution is 2.28. The fraction of sp³-hybridized carbons (Fsp3) is 0.111. The zero-order chi connectivity index (χ0) is 42.6. The first-order valence-corrected chi connectivity index (χ1v) is 21.2. The summed E-state index contributed by atoms with van der Waals surface area (Å²) >= 11 is 12.4. The SMILES string of the molecule is COc1ccc(F)c(-c2cccc(C)c2)c1.Cc1ccc(-c2ccc(Br)cc2)cc1.Cc1ccc(-c2ccccc2)cc1.Cc1ccc(Br)cc1.Cc1ccc(Cl)cc1. The van der Waals surface area contributed by atoms with Crippen molar-refractivity contribution in [3.63, 3.8) is 0 Å². The molecule has 0 atom stereocenters. The second-order valence-corrected chi connectivity index (χ2v) is 16.2. The van der Waals surface area contributed by atoms with Gasteiger partial charge in [-0.25, -0.2) is 4.39 Å². The van der Waals surface area contributed by atoms with Crippen LogP contribution in [0.15, 0.2) is 203 Å². The topological polar surface area (TPSA) is 9.23 Å². The molecule has 1 nitrogen and oxygen atoms in total. The van der Waals surface area contributed by atoms with Gasteiger partial charge in [0.05, 0.1) is 7.11 Å². The molecule has 0 saturated carbocycles. The van der Waals surface area contributed by atoms with Crippen LogP contribution in [0.4, 0.5) is 4.39 Å². The van der Waals surface area contributed by atoms with Crippen LogP contribution in [0.3, 0.4) is 0 Å². The minimum absolute atomic E-state index is 0.230. The Balaban J connectivity index is 0.000000167. The lowest BCUT2D eigenvalue weighted by atomic mass is 10.0. The maximum absolute atomic E-state index is 13.7. The number of aryl methyl sites for hydroxylation is 5. The Labute approximate surface area is 372 Å². The van der Waals surface area contributed by atoms with Crippen molar-refractivity contribution in [3.05, 3.63) is 242 Å². The lowest BCUT2D eigenvalue weighted by Gasteiger charge is -2.07. The van der Waals surface area contributed by atoms with E-state index >= 15 is 0 Å². The van der Waals surface area contributed by atoms with Crippen molar-refractivity contribution in [3.8, 4) is 39.1 Å². The van der Waals surface area contributed by atoms with Crippen LogP contribution in [-0.2, 0) is 0 Å². The van der Waals surface area contributed by atoms with E-state index in [4.69, 9.17) is 16.3 Å². The maximum Gasteiger partial charge on any atom is 0.131 e. The summed E-state index contributed by atoms with van der Waals surface area (Å²) in [5.74, 6) is 0.435. The molecule has 5 heteroatoms. The molecule has 0 saturated heterocycles. The summed E-state index contributed by atoms with van der Waals surface area (Å²) in [7, 11) is 1.58. The number of rotatable bonds is 4. The quantitative estimate of drug-likeness (QED) is 0.171. The monoisotopic (exact) mass is 926 g/mol. The minimum atomic E-state index is -0.230. The van der Waals surface area contributed by atoms with E-state index in [-0.39, 0.29) is 5.82 Å². The third-order valence-electron chi connectivity index (χ3n) is 8.91. The Hall–Kier alpha value is -5.26. The predicted molar refractivity (Wildman–Crippen MR) is 259 cm³/mol. The average Bonchev–Trinajstić information content (AvgIpc) is 3.25. The molecule has 59 heavy (non-hydrogen) atoms. The highest BCUT2D eigenvalue weighted by Gasteiger charge is 2.06. The van der Waals surface area contributed by atoms with E-state index in [0.29, 0.717) is 11.3 Å². The highest BCUT2D eigenvalue weighted by molar-refractivity contribution is 9.10. The molecule has 8 rings (SSSR count). The molecule has 0 fully saturated rings. The van der Waals surface area contributed by atoms with Gasteiger partial charge >= 0.3 is 0 Å². The minimum Gasteiger partial charge on any atom is -0.497 e. The smallest absolute Gasteiger partial charge is 0.131 e. The number of hydrogen-bond acceptors (Lipinski definition) is 1. The maximum atomic E-state index is 13.7. The van der Waals surface area contributed by atoms with Gasteiger partial charge in [0.2, 0.25) is 0 Å². The number of benzene rings is 8. The molecule has 0 aromatic heterocycles. The summed E-state index contributed by atoms with van der Waals surface area (Å²) in [5.41, 5.74) is 12.8. The van der Waals surface area contributed by atoms with Gasteiger partial charge in [-0.05, 0) is 117 Å². The van der Waals surface area contributed by atoms with Crippen LogP contribution in [0.2, 0.25) is 5.02 Å². The number of methoxy groups -OCH3 is 1. The van der Waals surface area contributed by atoms with Gasteiger partial charge in [0, 0.05) is 19.5 Å². The van der Waals surface area contributed by atoms with Gasteiger partial charge in [-0.2, -0.15) is 0 Å². The molecule has 0 amide bonds. The normalized spacial score (nSPS) is 9.86. The molecule has 0 radical (unpaired) electrons. The molecule has 0 unspecified atom stereocenters. The van der Waals surface area contributed by atoms with E-state index < -0.39 is 0 Å². The Morgan fingerprint density at radius 2 is 0.780 bits per heavy atom. The van der Waals surface area contributed by atoms with E-state index in [0.717, 1.165) is 25.1 Å². The molecule has 0 aliphatic carbocycles. The van der Waals surface area contributed by atoms with Gasteiger partial charge in [0.15, 0.2) is 0 Å². The van der Waals surface area contributed by atoms with E-state index in [9.17, 15) is 4.39 Å². The molecular weight excluding hydrogens is 879 g/mol. The zero-order valence-corrected chi connectivity index (χ0v) is 38.3. The van der Waals surface area contributed by atoms with Crippen molar-refractivity contribution in [2.45, 2.75) is 34.6 Å².